The lowest BCUT2D eigenvalue weighted by molar-refractivity contribution is 0.166. The zero-order valence-corrected chi connectivity index (χ0v) is 14.4. The van der Waals surface area contributed by atoms with Crippen LogP contribution in [-0.4, -0.2) is 56.9 Å². The highest BCUT2D eigenvalue weighted by Gasteiger charge is 2.35. The van der Waals surface area contributed by atoms with E-state index < -0.39 is 15.9 Å². The zero-order valence-electron chi connectivity index (χ0n) is 13.6. The van der Waals surface area contributed by atoms with Gasteiger partial charge in [-0.2, -0.15) is 0 Å². The van der Waals surface area contributed by atoms with Crippen LogP contribution in [0.25, 0.3) is 0 Å². The van der Waals surface area contributed by atoms with Gasteiger partial charge < -0.3 is 19.9 Å². The maximum Gasteiger partial charge on any atom is 0.161 e. The molecule has 0 bridgehead atoms. The first-order valence-corrected chi connectivity index (χ1v) is 9.77. The predicted octanol–water partition coefficient (Wildman–Crippen LogP) is 0.774. The first kappa shape index (κ1) is 18.0. The van der Waals surface area contributed by atoms with Crippen molar-refractivity contribution in [3.8, 4) is 11.5 Å². The molecule has 7 heteroatoms. The van der Waals surface area contributed by atoms with Crippen LogP contribution in [0.1, 0.15) is 19.4 Å². The highest BCUT2D eigenvalue weighted by atomic mass is 32.2. The number of aliphatic hydroxyl groups excluding tert-OH is 1. The van der Waals surface area contributed by atoms with Crippen LogP contribution in [-0.2, 0) is 16.3 Å². The van der Waals surface area contributed by atoms with E-state index in [0.29, 0.717) is 19.8 Å². The van der Waals surface area contributed by atoms with E-state index >= 15 is 0 Å². The van der Waals surface area contributed by atoms with Crippen LogP contribution < -0.4 is 14.8 Å². The third-order valence-corrected chi connectivity index (χ3v) is 5.47. The Labute approximate surface area is 137 Å². The molecule has 0 aromatic heterocycles. The van der Waals surface area contributed by atoms with E-state index in [1.165, 1.54) is 0 Å². The molecule has 0 aliphatic carbocycles. The summed E-state index contributed by atoms with van der Waals surface area (Å²) in [5.74, 6) is 1.29. The third-order valence-electron chi connectivity index (χ3n) is 3.75. The van der Waals surface area contributed by atoms with Gasteiger partial charge in [-0.05, 0) is 44.5 Å². The molecule has 1 aliphatic rings. The Morgan fingerprint density at radius 3 is 2.48 bits per heavy atom. The van der Waals surface area contributed by atoms with Crippen LogP contribution in [0.3, 0.4) is 0 Å². The first-order chi connectivity index (χ1) is 10.9. The fourth-order valence-corrected chi connectivity index (χ4v) is 4.45. The fourth-order valence-electron chi connectivity index (χ4n) is 2.68. The van der Waals surface area contributed by atoms with Crippen LogP contribution in [0, 0.1) is 0 Å². The van der Waals surface area contributed by atoms with Gasteiger partial charge in [-0.1, -0.05) is 6.07 Å². The lowest BCUT2D eigenvalue weighted by Gasteiger charge is -2.16. The Morgan fingerprint density at radius 1 is 1.17 bits per heavy atom. The molecule has 2 atom stereocenters. The summed E-state index contributed by atoms with van der Waals surface area (Å²) in [6.45, 7) is 5.58. The van der Waals surface area contributed by atoms with Crippen LogP contribution in [0.5, 0.6) is 11.5 Å². The lowest BCUT2D eigenvalue weighted by atomic mass is 10.1. The van der Waals surface area contributed by atoms with Gasteiger partial charge in [0.05, 0.1) is 30.8 Å². The van der Waals surface area contributed by atoms with Crippen molar-refractivity contribution in [3.63, 3.8) is 0 Å². The van der Waals surface area contributed by atoms with E-state index in [-0.39, 0.29) is 17.5 Å². The number of benzene rings is 1. The summed E-state index contributed by atoms with van der Waals surface area (Å²) in [5, 5.41) is 12.9. The van der Waals surface area contributed by atoms with Crippen molar-refractivity contribution in [2.24, 2.45) is 0 Å². The topological polar surface area (TPSA) is 84.9 Å². The summed E-state index contributed by atoms with van der Waals surface area (Å²) in [7, 11) is -3.11. The first-order valence-electron chi connectivity index (χ1n) is 7.95. The number of hydrogen-bond donors (Lipinski definition) is 2. The Morgan fingerprint density at radius 2 is 1.87 bits per heavy atom. The number of aliphatic hydroxyl groups is 1. The molecule has 0 spiro atoms. The van der Waals surface area contributed by atoms with Gasteiger partial charge >= 0.3 is 0 Å². The molecule has 2 N–H and O–H groups in total. The quantitative estimate of drug-likeness (QED) is 0.725. The van der Waals surface area contributed by atoms with Gasteiger partial charge in [-0.15, -0.1) is 0 Å². The van der Waals surface area contributed by atoms with Crippen molar-refractivity contribution in [1.29, 1.82) is 0 Å². The SMILES string of the molecule is CCOc1ccc(CCN[C@@H]2CS(=O)(=O)C[C@@H]2O)cc1OCC. The van der Waals surface area contributed by atoms with Gasteiger partial charge in [0.2, 0.25) is 0 Å². The number of ether oxygens (including phenoxy) is 2. The average Bonchev–Trinajstić information content (AvgIpc) is 2.74. The van der Waals surface area contributed by atoms with Crippen LogP contribution >= 0.6 is 0 Å². The second kappa shape index (κ2) is 7.99. The molecule has 0 unspecified atom stereocenters. The molecule has 1 aromatic carbocycles. The van der Waals surface area contributed by atoms with Gasteiger partial charge in [-0.3, -0.25) is 0 Å². The summed E-state index contributed by atoms with van der Waals surface area (Å²) in [6.07, 6.45) is -0.102. The summed E-state index contributed by atoms with van der Waals surface area (Å²) in [4.78, 5) is 0. The summed E-state index contributed by atoms with van der Waals surface area (Å²) in [6, 6.07) is 5.42. The van der Waals surface area contributed by atoms with Crippen molar-refractivity contribution < 1.29 is 23.0 Å². The summed E-state index contributed by atoms with van der Waals surface area (Å²) in [5.41, 5.74) is 1.07. The fraction of sp³-hybridized carbons (Fsp3) is 0.625. The zero-order chi connectivity index (χ0) is 16.9. The van der Waals surface area contributed by atoms with Crippen molar-refractivity contribution in [2.75, 3.05) is 31.3 Å². The van der Waals surface area contributed by atoms with Crippen molar-refractivity contribution in [1.82, 2.24) is 5.32 Å². The maximum absolute atomic E-state index is 11.5. The molecule has 6 nitrogen and oxygen atoms in total. The van der Waals surface area contributed by atoms with E-state index in [1.54, 1.807) is 0 Å². The van der Waals surface area contributed by atoms with Gasteiger partial charge in [0, 0.05) is 6.04 Å². The minimum Gasteiger partial charge on any atom is -0.490 e. The standard InChI is InChI=1S/C16H25NO5S/c1-3-21-15-6-5-12(9-16(15)22-4-2)7-8-17-13-10-23(19,20)11-14(13)18/h5-6,9,13-14,17-18H,3-4,7-8,10-11H2,1-2H3/t13-,14+/m1/s1. The Bertz CT molecular complexity index is 617. The molecular weight excluding hydrogens is 318 g/mol. The summed E-state index contributed by atoms with van der Waals surface area (Å²) < 4.78 is 34.1. The molecule has 0 saturated carbocycles. The lowest BCUT2D eigenvalue weighted by Crippen LogP contribution is -2.39. The van der Waals surface area contributed by atoms with Crippen molar-refractivity contribution in [2.45, 2.75) is 32.4 Å². The molecule has 2 rings (SSSR count). The molecule has 1 aliphatic heterocycles. The number of sulfone groups is 1. The molecule has 0 amide bonds. The number of nitrogens with one attached hydrogen (secondary N) is 1. The normalized spacial score (nSPS) is 22.9. The average molecular weight is 343 g/mol. The molecule has 1 heterocycles. The van der Waals surface area contributed by atoms with Gasteiger partial charge in [0.25, 0.3) is 0 Å². The molecule has 1 aromatic rings. The van der Waals surface area contributed by atoms with Crippen LogP contribution in [0.2, 0.25) is 0 Å². The Balaban J connectivity index is 1.91. The Kier molecular flexibility index (Phi) is 6.26. The van der Waals surface area contributed by atoms with Gasteiger partial charge in [-0.25, -0.2) is 8.42 Å². The largest absolute Gasteiger partial charge is 0.490 e. The van der Waals surface area contributed by atoms with E-state index in [2.05, 4.69) is 5.32 Å². The predicted molar refractivity (Wildman–Crippen MR) is 88.9 cm³/mol. The number of hydrogen-bond acceptors (Lipinski definition) is 6. The Hall–Kier alpha value is -1.31. The monoisotopic (exact) mass is 343 g/mol. The second-order valence-electron chi connectivity index (χ2n) is 5.60. The minimum absolute atomic E-state index is 0.00163. The maximum atomic E-state index is 11.5. The molecule has 1 fully saturated rings. The van der Waals surface area contributed by atoms with Gasteiger partial charge in [0.1, 0.15) is 0 Å². The highest BCUT2D eigenvalue weighted by Crippen LogP contribution is 2.28. The molecular formula is C16H25NO5S. The highest BCUT2D eigenvalue weighted by molar-refractivity contribution is 7.91. The second-order valence-corrected chi connectivity index (χ2v) is 7.76. The van der Waals surface area contributed by atoms with E-state index in [9.17, 15) is 13.5 Å². The van der Waals surface area contributed by atoms with E-state index in [1.807, 2.05) is 32.0 Å². The van der Waals surface area contributed by atoms with Crippen LogP contribution in [0.15, 0.2) is 18.2 Å². The van der Waals surface area contributed by atoms with Crippen molar-refractivity contribution in [3.05, 3.63) is 23.8 Å². The van der Waals surface area contributed by atoms with Gasteiger partial charge in [0.15, 0.2) is 21.3 Å². The molecule has 1 saturated heterocycles. The van der Waals surface area contributed by atoms with E-state index in [4.69, 9.17) is 9.47 Å². The molecule has 0 radical (unpaired) electrons. The molecule has 130 valence electrons. The third kappa shape index (κ3) is 5.09. The smallest absolute Gasteiger partial charge is 0.161 e. The van der Waals surface area contributed by atoms with Crippen LogP contribution in [0.4, 0.5) is 0 Å². The number of rotatable bonds is 8. The van der Waals surface area contributed by atoms with Crippen molar-refractivity contribution >= 4 is 9.84 Å². The minimum atomic E-state index is -3.11. The van der Waals surface area contributed by atoms with E-state index in [0.717, 1.165) is 23.5 Å². The summed E-state index contributed by atoms with van der Waals surface area (Å²) >= 11 is 0. The molecule has 23 heavy (non-hydrogen) atoms.